The number of hydrogen-bond acceptors (Lipinski definition) is 4. The number of anilines is 3. The fourth-order valence-corrected chi connectivity index (χ4v) is 3.56. The molecule has 0 bridgehead atoms. The van der Waals surface area contributed by atoms with Crippen LogP contribution in [0, 0.1) is 0 Å². The van der Waals surface area contributed by atoms with E-state index in [1.54, 1.807) is 35.0 Å². The summed E-state index contributed by atoms with van der Waals surface area (Å²) in [5.74, 6) is -0.336. The number of likely N-dealkylation sites (N-methyl/N-ethyl adjacent to an activating group) is 1. The molecule has 1 heterocycles. The minimum absolute atomic E-state index is 0.0657. The van der Waals surface area contributed by atoms with Gasteiger partial charge in [-0.3, -0.25) is 19.3 Å². The molecule has 0 aromatic heterocycles. The monoisotopic (exact) mass is 458 g/mol. The molecule has 152 valence electrons. The van der Waals surface area contributed by atoms with Crippen molar-refractivity contribution in [3.63, 3.8) is 0 Å². The Morgan fingerprint density at radius 3 is 2.48 bits per heavy atom. The summed E-state index contributed by atoms with van der Waals surface area (Å²) in [5, 5.41) is 5.64. The van der Waals surface area contributed by atoms with Crippen LogP contribution in [0.3, 0.4) is 0 Å². The minimum Gasteiger partial charge on any atom is -0.325 e. The van der Waals surface area contributed by atoms with Crippen molar-refractivity contribution in [2.75, 3.05) is 42.2 Å². The van der Waals surface area contributed by atoms with Gasteiger partial charge in [0.1, 0.15) is 0 Å². The third-order valence-corrected chi connectivity index (χ3v) is 5.18. The molecule has 0 atom stereocenters. The van der Waals surface area contributed by atoms with Crippen LogP contribution in [-0.2, 0) is 14.4 Å². The summed E-state index contributed by atoms with van der Waals surface area (Å²) in [6.45, 7) is 0.846. The number of nitrogens with zero attached hydrogens (tertiary/aromatic N) is 2. The van der Waals surface area contributed by atoms with Gasteiger partial charge in [-0.05, 0) is 59.7 Å². The van der Waals surface area contributed by atoms with E-state index in [1.165, 1.54) is 0 Å². The number of para-hydroxylation sites is 1. The van der Waals surface area contributed by atoms with Crippen LogP contribution in [0.15, 0.2) is 53.0 Å². The van der Waals surface area contributed by atoms with Crippen LogP contribution < -0.4 is 15.5 Å². The second kappa shape index (κ2) is 9.67. The van der Waals surface area contributed by atoms with E-state index in [0.29, 0.717) is 24.3 Å². The summed E-state index contributed by atoms with van der Waals surface area (Å²) in [6.07, 6.45) is 1.41. The van der Waals surface area contributed by atoms with Gasteiger partial charge in [-0.15, -0.1) is 0 Å². The Labute approximate surface area is 178 Å². The first-order valence-corrected chi connectivity index (χ1v) is 10.1. The first kappa shape index (κ1) is 21.0. The van der Waals surface area contributed by atoms with Crippen molar-refractivity contribution in [1.82, 2.24) is 4.90 Å². The molecule has 7 nitrogen and oxygen atoms in total. The zero-order chi connectivity index (χ0) is 20.8. The molecule has 3 rings (SSSR count). The van der Waals surface area contributed by atoms with Gasteiger partial charge in [-0.1, -0.05) is 18.2 Å². The number of carbonyl (C=O) groups excluding carboxylic acids is 3. The third kappa shape index (κ3) is 5.88. The first-order valence-electron chi connectivity index (χ1n) is 9.35. The summed E-state index contributed by atoms with van der Waals surface area (Å²) >= 11 is 3.39. The van der Waals surface area contributed by atoms with Gasteiger partial charge in [-0.25, -0.2) is 0 Å². The Morgan fingerprint density at radius 1 is 1.07 bits per heavy atom. The maximum Gasteiger partial charge on any atom is 0.238 e. The van der Waals surface area contributed by atoms with Crippen LogP contribution in [0.25, 0.3) is 0 Å². The van der Waals surface area contributed by atoms with Gasteiger partial charge in [0.25, 0.3) is 0 Å². The van der Waals surface area contributed by atoms with Gasteiger partial charge in [0.2, 0.25) is 17.7 Å². The molecule has 0 spiro atoms. The molecule has 1 fully saturated rings. The van der Waals surface area contributed by atoms with Gasteiger partial charge in [-0.2, -0.15) is 0 Å². The zero-order valence-corrected chi connectivity index (χ0v) is 17.7. The Morgan fingerprint density at radius 2 is 1.79 bits per heavy atom. The van der Waals surface area contributed by atoms with Crippen LogP contribution in [0.4, 0.5) is 17.1 Å². The lowest BCUT2D eigenvalue weighted by Crippen LogP contribution is -2.36. The molecule has 2 N–H and O–H groups in total. The molecule has 2 aromatic rings. The topological polar surface area (TPSA) is 81.8 Å². The molecular formula is C21H23BrN4O3. The smallest absolute Gasteiger partial charge is 0.238 e. The molecule has 2 aromatic carbocycles. The number of hydrogen-bond donors (Lipinski definition) is 2. The molecule has 3 amide bonds. The van der Waals surface area contributed by atoms with Crippen molar-refractivity contribution < 1.29 is 14.4 Å². The van der Waals surface area contributed by atoms with E-state index in [2.05, 4.69) is 26.6 Å². The fraction of sp³-hybridized carbons (Fsp3) is 0.286. The Balaban J connectivity index is 1.50. The van der Waals surface area contributed by atoms with Crippen LogP contribution in [0.1, 0.15) is 12.8 Å². The van der Waals surface area contributed by atoms with E-state index >= 15 is 0 Å². The van der Waals surface area contributed by atoms with E-state index in [-0.39, 0.29) is 30.8 Å². The number of benzene rings is 2. The highest BCUT2D eigenvalue weighted by Gasteiger charge is 2.22. The number of carbonyl (C=O) groups is 3. The largest absolute Gasteiger partial charge is 0.325 e. The quantitative estimate of drug-likeness (QED) is 0.667. The average Bonchev–Trinajstić information content (AvgIpc) is 3.09. The fourth-order valence-electron chi connectivity index (χ4n) is 3.17. The molecule has 1 aliphatic rings. The lowest BCUT2D eigenvalue weighted by molar-refractivity contribution is -0.119. The van der Waals surface area contributed by atoms with Crippen molar-refractivity contribution in [3.8, 4) is 0 Å². The molecule has 1 saturated heterocycles. The highest BCUT2D eigenvalue weighted by atomic mass is 79.9. The summed E-state index contributed by atoms with van der Waals surface area (Å²) in [6, 6.07) is 14.6. The Bertz CT molecular complexity index is 918. The van der Waals surface area contributed by atoms with Gasteiger partial charge < -0.3 is 15.5 Å². The van der Waals surface area contributed by atoms with Gasteiger partial charge in [0.05, 0.1) is 18.8 Å². The first-order chi connectivity index (χ1) is 13.9. The molecule has 8 heteroatoms. The maximum absolute atomic E-state index is 12.3. The standard InChI is InChI=1S/C21H23BrN4O3/c1-25(14-20(28)24-18-9-3-2-8-17(18)22)13-19(27)23-15-6-4-7-16(12-15)26-11-5-10-21(26)29/h2-4,6-9,12H,5,10-11,13-14H2,1H3,(H,23,27)(H,24,28). The van der Waals surface area contributed by atoms with Gasteiger partial charge in [0.15, 0.2) is 0 Å². The van der Waals surface area contributed by atoms with Crippen molar-refractivity contribution >= 4 is 50.7 Å². The molecule has 0 saturated carbocycles. The summed E-state index contributed by atoms with van der Waals surface area (Å²) in [5.41, 5.74) is 2.09. The van der Waals surface area contributed by atoms with Crippen molar-refractivity contribution in [2.45, 2.75) is 12.8 Å². The molecule has 1 aliphatic heterocycles. The molecule has 29 heavy (non-hydrogen) atoms. The predicted molar refractivity (Wildman–Crippen MR) is 117 cm³/mol. The van der Waals surface area contributed by atoms with Crippen LogP contribution in [0.5, 0.6) is 0 Å². The van der Waals surface area contributed by atoms with Crippen molar-refractivity contribution in [3.05, 3.63) is 53.0 Å². The second-order valence-corrected chi connectivity index (χ2v) is 7.80. The summed E-state index contributed by atoms with van der Waals surface area (Å²) in [7, 11) is 1.71. The van der Waals surface area contributed by atoms with E-state index in [1.807, 2.05) is 30.3 Å². The lowest BCUT2D eigenvalue weighted by Gasteiger charge is -2.18. The Kier molecular flexibility index (Phi) is 7.00. The number of halogens is 1. The number of rotatable bonds is 7. The van der Waals surface area contributed by atoms with E-state index in [9.17, 15) is 14.4 Å². The SMILES string of the molecule is CN(CC(=O)Nc1cccc(N2CCCC2=O)c1)CC(=O)Nc1ccccc1Br. The maximum atomic E-state index is 12.3. The average molecular weight is 459 g/mol. The van der Waals surface area contributed by atoms with E-state index in [4.69, 9.17) is 0 Å². The second-order valence-electron chi connectivity index (χ2n) is 6.95. The zero-order valence-electron chi connectivity index (χ0n) is 16.2. The number of amides is 3. The molecule has 0 aliphatic carbocycles. The van der Waals surface area contributed by atoms with E-state index < -0.39 is 0 Å². The van der Waals surface area contributed by atoms with Crippen LogP contribution in [0.2, 0.25) is 0 Å². The molecule has 0 radical (unpaired) electrons. The van der Waals surface area contributed by atoms with Crippen molar-refractivity contribution in [2.24, 2.45) is 0 Å². The highest BCUT2D eigenvalue weighted by Crippen LogP contribution is 2.24. The van der Waals surface area contributed by atoms with Crippen LogP contribution >= 0.6 is 15.9 Å². The Hall–Kier alpha value is -2.71. The van der Waals surface area contributed by atoms with Gasteiger partial charge >= 0.3 is 0 Å². The summed E-state index contributed by atoms with van der Waals surface area (Å²) in [4.78, 5) is 39.8. The van der Waals surface area contributed by atoms with Crippen LogP contribution in [-0.4, -0.2) is 49.3 Å². The molecule has 0 unspecified atom stereocenters. The summed E-state index contributed by atoms with van der Waals surface area (Å²) < 4.78 is 0.796. The normalized spacial score (nSPS) is 13.6. The predicted octanol–water partition coefficient (Wildman–Crippen LogP) is 3.08. The minimum atomic E-state index is -0.230. The van der Waals surface area contributed by atoms with Gasteiger partial charge in [0, 0.05) is 28.8 Å². The highest BCUT2D eigenvalue weighted by molar-refractivity contribution is 9.10. The van der Waals surface area contributed by atoms with E-state index in [0.717, 1.165) is 16.6 Å². The number of nitrogens with one attached hydrogen (secondary N) is 2. The lowest BCUT2D eigenvalue weighted by atomic mass is 10.2. The van der Waals surface area contributed by atoms with Crippen molar-refractivity contribution in [1.29, 1.82) is 0 Å². The molecular weight excluding hydrogens is 436 g/mol. The third-order valence-electron chi connectivity index (χ3n) is 4.49.